The molecule has 0 bridgehead atoms. The molecular weight excluding hydrogens is 316 g/mol. The first-order valence-corrected chi connectivity index (χ1v) is 8.19. The Morgan fingerprint density at radius 3 is 2.80 bits per heavy atom. The molecule has 5 nitrogen and oxygen atoms in total. The van der Waals surface area contributed by atoms with Crippen LogP contribution in [0.2, 0.25) is 0 Å². The second-order valence-corrected chi connectivity index (χ2v) is 6.06. The smallest absolute Gasteiger partial charge is 0.289 e. The topological polar surface area (TPSA) is 55.6 Å². The first-order valence-electron chi connectivity index (χ1n) is 8.19. The van der Waals surface area contributed by atoms with E-state index in [1.807, 2.05) is 48.5 Å². The number of aromatic nitrogens is 1. The summed E-state index contributed by atoms with van der Waals surface area (Å²) in [4.78, 5) is 18.7. The molecule has 0 radical (unpaired) electrons. The lowest BCUT2D eigenvalue weighted by Gasteiger charge is -2.38. The quantitative estimate of drug-likeness (QED) is 0.732. The van der Waals surface area contributed by atoms with Gasteiger partial charge in [0.2, 0.25) is 0 Å². The maximum Gasteiger partial charge on any atom is 0.289 e. The van der Waals surface area contributed by atoms with E-state index in [0.29, 0.717) is 30.5 Å². The molecule has 0 unspecified atom stereocenters. The van der Waals surface area contributed by atoms with Crippen LogP contribution >= 0.6 is 0 Å². The molecule has 1 amide bonds. The molecule has 1 fully saturated rings. The number of benzene rings is 1. The third-order valence-corrected chi connectivity index (χ3v) is 4.45. The van der Waals surface area contributed by atoms with Crippen molar-refractivity contribution in [3.8, 4) is 17.1 Å². The largest absolute Gasteiger partial charge is 0.497 e. The summed E-state index contributed by atoms with van der Waals surface area (Å²) in [6.07, 6.45) is 1.78. The van der Waals surface area contributed by atoms with Crippen LogP contribution < -0.4 is 4.74 Å². The molecule has 1 saturated heterocycles. The minimum Gasteiger partial charge on any atom is -0.497 e. The third kappa shape index (κ3) is 3.01. The van der Waals surface area contributed by atoms with Crippen molar-refractivity contribution >= 4 is 5.91 Å². The number of rotatable bonds is 4. The Bertz CT molecular complexity index is 883. The molecule has 0 aliphatic carbocycles. The van der Waals surface area contributed by atoms with E-state index in [-0.39, 0.29) is 5.91 Å². The molecule has 1 aliphatic rings. The number of hydrogen-bond donors (Lipinski definition) is 0. The summed E-state index contributed by atoms with van der Waals surface area (Å²) < 4.78 is 11.0. The average molecular weight is 334 g/mol. The van der Waals surface area contributed by atoms with Crippen LogP contribution in [-0.2, 0) is 0 Å². The van der Waals surface area contributed by atoms with Crippen LogP contribution in [-0.4, -0.2) is 36.0 Å². The molecular formula is C20H18N2O3. The van der Waals surface area contributed by atoms with E-state index in [4.69, 9.17) is 9.15 Å². The maximum atomic E-state index is 12.6. The Morgan fingerprint density at radius 2 is 2.04 bits per heavy atom. The van der Waals surface area contributed by atoms with Crippen molar-refractivity contribution in [1.29, 1.82) is 0 Å². The molecule has 3 aromatic rings. The second-order valence-electron chi connectivity index (χ2n) is 6.06. The minimum absolute atomic E-state index is 0.0821. The van der Waals surface area contributed by atoms with E-state index in [9.17, 15) is 4.79 Å². The van der Waals surface area contributed by atoms with E-state index < -0.39 is 0 Å². The van der Waals surface area contributed by atoms with Gasteiger partial charge in [-0.25, -0.2) is 0 Å². The third-order valence-electron chi connectivity index (χ3n) is 4.45. The number of pyridine rings is 1. The highest BCUT2D eigenvalue weighted by Crippen LogP contribution is 2.29. The fourth-order valence-electron chi connectivity index (χ4n) is 2.99. The lowest BCUT2D eigenvalue weighted by atomic mass is 9.95. The number of furan rings is 1. The van der Waals surface area contributed by atoms with Crippen LogP contribution in [0.4, 0.5) is 0 Å². The predicted octanol–water partition coefficient (Wildman–Crippen LogP) is 3.59. The molecule has 0 atom stereocenters. The summed E-state index contributed by atoms with van der Waals surface area (Å²) in [5, 5.41) is 0. The van der Waals surface area contributed by atoms with Gasteiger partial charge in [-0.15, -0.1) is 0 Å². The SMILES string of the molecule is COc1cccc(-c2ccc(C(=O)N3CC(c4ccccn4)C3)o2)c1. The lowest BCUT2D eigenvalue weighted by molar-refractivity contribution is 0.0567. The molecule has 2 aromatic heterocycles. The Hall–Kier alpha value is -3.08. The fraction of sp³-hybridized carbons (Fsp3) is 0.200. The number of nitrogens with zero attached hydrogens (tertiary/aromatic N) is 2. The number of carbonyl (C=O) groups is 1. The highest BCUT2D eigenvalue weighted by atomic mass is 16.5. The first-order chi connectivity index (χ1) is 12.2. The molecule has 0 spiro atoms. The number of likely N-dealkylation sites (tertiary alicyclic amines) is 1. The summed E-state index contributed by atoms with van der Waals surface area (Å²) >= 11 is 0. The molecule has 0 saturated carbocycles. The zero-order valence-corrected chi connectivity index (χ0v) is 13.9. The Balaban J connectivity index is 1.45. The van der Waals surface area contributed by atoms with Gasteiger partial charge in [0.1, 0.15) is 11.5 Å². The molecule has 0 N–H and O–H groups in total. The van der Waals surface area contributed by atoms with Gasteiger partial charge in [0.15, 0.2) is 5.76 Å². The zero-order valence-electron chi connectivity index (χ0n) is 13.9. The van der Waals surface area contributed by atoms with Crippen LogP contribution in [0.3, 0.4) is 0 Å². The van der Waals surface area contributed by atoms with E-state index in [0.717, 1.165) is 17.0 Å². The summed E-state index contributed by atoms with van der Waals surface area (Å²) in [5.74, 6) is 1.99. The van der Waals surface area contributed by atoms with Gasteiger partial charge in [-0.05, 0) is 36.4 Å². The van der Waals surface area contributed by atoms with Crippen molar-refractivity contribution in [2.45, 2.75) is 5.92 Å². The van der Waals surface area contributed by atoms with Crippen molar-refractivity contribution in [2.75, 3.05) is 20.2 Å². The number of carbonyl (C=O) groups excluding carboxylic acids is 1. The second kappa shape index (κ2) is 6.43. The number of methoxy groups -OCH3 is 1. The lowest BCUT2D eigenvalue weighted by Crippen LogP contribution is -2.48. The van der Waals surface area contributed by atoms with Crippen LogP contribution in [0.1, 0.15) is 22.2 Å². The van der Waals surface area contributed by atoms with Crippen molar-refractivity contribution < 1.29 is 13.9 Å². The molecule has 25 heavy (non-hydrogen) atoms. The van der Waals surface area contributed by atoms with Gasteiger partial charge in [0, 0.05) is 36.5 Å². The Labute approximate surface area is 145 Å². The maximum absolute atomic E-state index is 12.6. The van der Waals surface area contributed by atoms with Crippen LogP contribution in [0.25, 0.3) is 11.3 Å². The van der Waals surface area contributed by atoms with Gasteiger partial charge in [0.25, 0.3) is 5.91 Å². The number of ether oxygens (including phenoxy) is 1. The van der Waals surface area contributed by atoms with Gasteiger partial charge >= 0.3 is 0 Å². The standard InChI is InChI=1S/C20H18N2O3/c1-24-16-6-4-5-14(11-16)18-8-9-19(25-18)20(23)22-12-15(13-22)17-7-2-3-10-21-17/h2-11,15H,12-13H2,1H3. The van der Waals surface area contributed by atoms with Crippen molar-refractivity contribution in [3.63, 3.8) is 0 Å². The molecule has 1 aromatic carbocycles. The van der Waals surface area contributed by atoms with Crippen molar-refractivity contribution in [3.05, 3.63) is 72.2 Å². The molecule has 126 valence electrons. The van der Waals surface area contributed by atoms with Gasteiger partial charge in [0.05, 0.1) is 7.11 Å². The van der Waals surface area contributed by atoms with Crippen molar-refractivity contribution in [2.24, 2.45) is 0 Å². The summed E-state index contributed by atoms with van der Waals surface area (Å²) in [6, 6.07) is 17.0. The van der Waals surface area contributed by atoms with Gasteiger partial charge in [-0.1, -0.05) is 18.2 Å². The Morgan fingerprint density at radius 1 is 1.16 bits per heavy atom. The van der Waals surface area contributed by atoms with E-state index >= 15 is 0 Å². The Kier molecular flexibility index (Phi) is 3.98. The zero-order chi connectivity index (χ0) is 17.2. The van der Waals surface area contributed by atoms with Gasteiger partial charge in [-0.2, -0.15) is 0 Å². The van der Waals surface area contributed by atoms with E-state index in [2.05, 4.69) is 4.98 Å². The highest BCUT2D eigenvalue weighted by molar-refractivity contribution is 5.92. The molecule has 5 heteroatoms. The van der Waals surface area contributed by atoms with E-state index in [1.54, 1.807) is 24.3 Å². The van der Waals surface area contributed by atoms with Gasteiger partial charge in [-0.3, -0.25) is 9.78 Å². The predicted molar refractivity (Wildman–Crippen MR) is 93.6 cm³/mol. The van der Waals surface area contributed by atoms with Crippen molar-refractivity contribution in [1.82, 2.24) is 9.88 Å². The minimum atomic E-state index is -0.0821. The molecule has 1 aliphatic heterocycles. The fourth-order valence-corrected chi connectivity index (χ4v) is 2.99. The van der Waals surface area contributed by atoms with E-state index in [1.165, 1.54) is 0 Å². The summed E-state index contributed by atoms with van der Waals surface area (Å²) in [7, 11) is 1.62. The normalized spacial score (nSPS) is 14.2. The summed E-state index contributed by atoms with van der Waals surface area (Å²) in [5.41, 5.74) is 1.91. The molecule has 4 rings (SSSR count). The van der Waals surface area contributed by atoms with Gasteiger partial charge < -0.3 is 14.1 Å². The van der Waals surface area contributed by atoms with Crippen LogP contribution in [0, 0.1) is 0 Å². The summed E-state index contributed by atoms with van der Waals surface area (Å²) in [6.45, 7) is 1.34. The van der Waals surface area contributed by atoms with Crippen LogP contribution in [0.5, 0.6) is 5.75 Å². The number of amides is 1. The average Bonchev–Trinajstić information content (AvgIpc) is 3.11. The molecule has 3 heterocycles. The first kappa shape index (κ1) is 15.4. The van der Waals surface area contributed by atoms with Crippen LogP contribution in [0.15, 0.2) is 65.2 Å². The highest BCUT2D eigenvalue weighted by Gasteiger charge is 2.34. The number of hydrogen-bond acceptors (Lipinski definition) is 4. The monoisotopic (exact) mass is 334 g/mol.